The summed E-state index contributed by atoms with van der Waals surface area (Å²) in [5, 5.41) is 17.9. The van der Waals surface area contributed by atoms with Crippen molar-refractivity contribution in [3.63, 3.8) is 0 Å². The van der Waals surface area contributed by atoms with Gasteiger partial charge in [-0.1, -0.05) is 20.8 Å². The van der Waals surface area contributed by atoms with Gasteiger partial charge in [0.05, 0.1) is 12.6 Å². The van der Waals surface area contributed by atoms with Crippen LogP contribution in [-0.4, -0.2) is 49.2 Å². The summed E-state index contributed by atoms with van der Waals surface area (Å²) in [4.78, 5) is 23.1. The summed E-state index contributed by atoms with van der Waals surface area (Å²) in [6.45, 7) is 7.62. The van der Waals surface area contributed by atoms with Crippen molar-refractivity contribution in [2.75, 3.05) is 26.2 Å². The number of carbonyl (C=O) groups is 2. The van der Waals surface area contributed by atoms with Crippen molar-refractivity contribution in [2.24, 2.45) is 11.3 Å². The first-order chi connectivity index (χ1) is 8.78. The number of halogens is 1. The minimum Gasteiger partial charge on any atom is -0.391 e. The van der Waals surface area contributed by atoms with Gasteiger partial charge in [0.25, 0.3) is 0 Å². The highest BCUT2D eigenvalue weighted by atomic mass is 35.5. The quantitative estimate of drug-likeness (QED) is 0.559. The minimum absolute atomic E-state index is 0. The van der Waals surface area contributed by atoms with E-state index in [0.717, 1.165) is 0 Å². The van der Waals surface area contributed by atoms with Crippen molar-refractivity contribution in [3.05, 3.63) is 0 Å². The highest BCUT2D eigenvalue weighted by Crippen LogP contribution is 2.17. The fraction of sp³-hybridized carbons (Fsp3) is 0.846. The van der Waals surface area contributed by atoms with Gasteiger partial charge in [-0.25, -0.2) is 0 Å². The molecule has 2 amide bonds. The number of hydrogen-bond acceptors (Lipinski definition) is 4. The van der Waals surface area contributed by atoms with Crippen LogP contribution in [0.15, 0.2) is 0 Å². The molecule has 118 valence electrons. The summed E-state index contributed by atoms with van der Waals surface area (Å²) >= 11 is 0. The van der Waals surface area contributed by atoms with Crippen LogP contribution in [-0.2, 0) is 9.59 Å². The molecular formula is C13H26ClN3O3. The van der Waals surface area contributed by atoms with E-state index in [-0.39, 0.29) is 42.1 Å². The second-order valence-corrected chi connectivity index (χ2v) is 6.30. The predicted octanol–water partition coefficient (Wildman–Crippen LogP) is -0.343. The summed E-state index contributed by atoms with van der Waals surface area (Å²) in [6.07, 6.45) is -0.0123. The molecule has 0 aromatic rings. The third-order valence-electron chi connectivity index (χ3n) is 3.00. The smallest absolute Gasteiger partial charge is 0.239 e. The zero-order valence-corrected chi connectivity index (χ0v) is 13.2. The van der Waals surface area contributed by atoms with Gasteiger partial charge in [-0.15, -0.1) is 12.4 Å². The molecule has 6 nitrogen and oxygen atoms in total. The van der Waals surface area contributed by atoms with Gasteiger partial charge in [-0.2, -0.15) is 0 Å². The number of rotatable bonds is 5. The van der Waals surface area contributed by atoms with Gasteiger partial charge in [0, 0.05) is 32.0 Å². The molecule has 1 aliphatic heterocycles. The lowest BCUT2D eigenvalue weighted by Crippen LogP contribution is -2.41. The normalized spacial score (nSPS) is 22.0. The van der Waals surface area contributed by atoms with Crippen molar-refractivity contribution in [2.45, 2.75) is 33.3 Å². The zero-order valence-electron chi connectivity index (χ0n) is 12.4. The van der Waals surface area contributed by atoms with Gasteiger partial charge in [-0.3, -0.25) is 9.59 Å². The van der Waals surface area contributed by atoms with Gasteiger partial charge in [0.1, 0.15) is 0 Å². The van der Waals surface area contributed by atoms with Crippen LogP contribution in [0.5, 0.6) is 0 Å². The van der Waals surface area contributed by atoms with Crippen LogP contribution < -0.4 is 16.0 Å². The zero-order chi connectivity index (χ0) is 14.5. The first kappa shape index (κ1) is 19.1. The van der Waals surface area contributed by atoms with Gasteiger partial charge in [-0.05, 0) is 5.41 Å². The minimum atomic E-state index is -0.407. The average molecular weight is 308 g/mol. The molecule has 1 fully saturated rings. The third-order valence-corrected chi connectivity index (χ3v) is 3.00. The van der Waals surface area contributed by atoms with Gasteiger partial charge in [0.2, 0.25) is 11.8 Å². The molecule has 4 N–H and O–H groups in total. The lowest BCUT2D eigenvalue weighted by Gasteiger charge is -2.17. The van der Waals surface area contributed by atoms with E-state index < -0.39 is 6.10 Å². The number of amides is 2. The van der Waals surface area contributed by atoms with Crippen molar-refractivity contribution >= 4 is 24.2 Å². The maximum absolute atomic E-state index is 11.5. The molecular weight excluding hydrogens is 282 g/mol. The molecule has 2 unspecified atom stereocenters. The highest BCUT2D eigenvalue weighted by Gasteiger charge is 2.25. The summed E-state index contributed by atoms with van der Waals surface area (Å²) < 4.78 is 0. The Balaban J connectivity index is 0.00000361. The topological polar surface area (TPSA) is 90.5 Å². The van der Waals surface area contributed by atoms with Crippen molar-refractivity contribution in [3.8, 4) is 0 Å². The van der Waals surface area contributed by atoms with Crippen molar-refractivity contribution < 1.29 is 14.7 Å². The molecule has 20 heavy (non-hydrogen) atoms. The standard InChI is InChI=1S/C13H25N3O3.ClH/c1-13(2,3)4-11(18)16-8-12(19)15-6-9-5-14-7-10(9)17;/h9-10,14,17H,4-8H2,1-3H3,(H,15,19)(H,16,18);1H. The predicted molar refractivity (Wildman–Crippen MR) is 79.7 cm³/mol. The lowest BCUT2D eigenvalue weighted by atomic mass is 9.92. The van der Waals surface area contributed by atoms with Crippen LogP contribution in [0.4, 0.5) is 0 Å². The molecule has 0 saturated carbocycles. The van der Waals surface area contributed by atoms with Crippen LogP contribution in [0, 0.1) is 11.3 Å². The molecule has 0 radical (unpaired) electrons. The molecule has 0 aromatic heterocycles. The number of aliphatic hydroxyl groups is 1. The molecule has 7 heteroatoms. The van der Waals surface area contributed by atoms with E-state index >= 15 is 0 Å². The molecule has 1 saturated heterocycles. The van der Waals surface area contributed by atoms with E-state index in [1.807, 2.05) is 20.8 Å². The third kappa shape index (κ3) is 7.67. The van der Waals surface area contributed by atoms with E-state index in [1.165, 1.54) is 0 Å². The van der Waals surface area contributed by atoms with Crippen molar-refractivity contribution in [1.29, 1.82) is 0 Å². The van der Waals surface area contributed by atoms with Crippen LogP contribution in [0.1, 0.15) is 27.2 Å². The summed E-state index contributed by atoms with van der Waals surface area (Å²) in [6, 6.07) is 0. The maximum Gasteiger partial charge on any atom is 0.239 e. The monoisotopic (exact) mass is 307 g/mol. The Morgan fingerprint density at radius 1 is 1.20 bits per heavy atom. The first-order valence-electron chi connectivity index (χ1n) is 6.70. The van der Waals surface area contributed by atoms with Gasteiger partial charge < -0.3 is 21.1 Å². The number of nitrogens with one attached hydrogen (secondary N) is 3. The Morgan fingerprint density at radius 3 is 2.35 bits per heavy atom. The second kappa shape index (κ2) is 8.44. The first-order valence-corrected chi connectivity index (χ1v) is 6.70. The largest absolute Gasteiger partial charge is 0.391 e. The van der Waals surface area contributed by atoms with Crippen LogP contribution in [0.2, 0.25) is 0 Å². The Morgan fingerprint density at radius 2 is 1.85 bits per heavy atom. The lowest BCUT2D eigenvalue weighted by molar-refractivity contribution is -0.127. The van der Waals surface area contributed by atoms with Crippen LogP contribution in [0.25, 0.3) is 0 Å². The summed E-state index contributed by atoms with van der Waals surface area (Å²) in [5.74, 6) is -0.291. The Hall–Kier alpha value is -0.850. The summed E-state index contributed by atoms with van der Waals surface area (Å²) in [5.41, 5.74) is -0.0831. The number of β-amino-alcohol motifs (C(OH)–C–C–N with tert-alkyl or cyclic N) is 1. The van der Waals surface area contributed by atoms with Crippen LogP contribution >= 0.6 is 12.4 Å². The molecule has 0 aliphatic carbocycles. The Kier molecular flexibility index (Phi) is 8.08. The van der Waals surface area contributed by atoms with Crippen LogP contribution in [0.3, 0.4) is 0 Å². The molecule has 1 heterocycles. The van der Waals surface area contributed by atoms with Gasteiger partial charge in [0.15, 0.2) is 0 Å². The van der Waals surface area contributed by atoms with Gasteiger partial charge >= 0.3 is 0 Å². The fourth-order valence-electron chi connectivity index (χ4n) is 1.96. The molecule has 0 spiro atoms. The Bertz CT molecular complexity index is 331. The SMILES string of the molecule is CC(C)(C)CC(=O)NCC(=O)NCC1CNCC1O.Cl. The van der Waals surface area contributed by atoms with E-state index in [0.29, 0.717) is 26.1 Å². The molecule has 0 aromatic carbocycles. The molecule has 2 atom stereocenters. The highest BCUT2D eigenvalue weighted by molar-refractivity contribution is 5.85. The molecule has 1 aliphatic rings. The summed E-state index contributed by atoms with van der Waals surface area (Å²) in [7, 11) is 0. The van der Waals surface area contributed by atoms with E-state index in [2.05, 4.69) is 16.0 Å². The van der Waals surface area contributed by atoms with Crippen molar-refractivity contribution in [1.82, 2.24) is 16.0 Å². The fourth-order valence-corrected chi connectivity index (χ4v) is 1.96. The number of aliphatic hydroxyl groups excluding tert-OH is 1. The Labute approximate surface area is 126 Å². The second-order valence-electron chi connectivity index (χ2n) is 6.30. The number of hydrogen-bond donors (Lipinski definition) is 4. The maximum atomic E-state index is 11.5. The van der Waals surface area contributed by atoms with E-state index in [1.54, 1.807) is 0 Å². The average Bonchev–Trinajstić information content (AvgIpc) is 2.67. The number of carbonyl (C=O) groups excluding carboxylic acids is 2. The van der Waals surface area contributed by atoms with E-state index in [4.69, 9.17) is 0 Å². The van der Waals surface area contributed by atoms with E-state index in [9.17, 15) is 14.7 Å². The molecule has 1 rings (SSSR count). The molecule has 0 bridgehead atoms.